The van der Waals surface area contributed by atoms with E-state index >= 15 is 0 Å². The van der Waals surface area contributed by atoms with Gasteiger partial charge in [-0.3, -0.25) is 9.69 Å². The predicted molar refractivity (Wildman–Crippen MR) is 94.2 cm³/mol. The standard InChI is InChI=1S/C19H20ClNO/c1-4-17(16-11-6-5-7-12-16)21(18(22)13-20)19-14(2)9-8-10-15(19)3/h4-12H,13H2,1-3H3. The summed E-state index contributed by atoms with van der Waals surface area (Å²) in [6.45, 7) is 5.95. The Morgan fingerprint density at radius 3 is 2.14 bits per heavy atom. The van der Waals surface area contributed by atoms with Crippen LogP contribution in [0.5, 0.6) is 0 Å². The molecule has 0 saturated heterocycles. The SMILES string of the molecule is CC=C(c1ccccc1)N(C(=O)CCl)c1c(C)cccc1C. The highest BCUT2D eigenvalue weighted by molar-refractivity contribution is 6.31. The number of rotatable bonds is 4. The molecule has 0 aliphatic heterocycles. The maximum Gasteiger partial charge on any atom is 0.246 e. The fourth-order valence-electron chi connectivity index (χ4n) is 2.63. The molecule has 0 bridgehead atoms. The van der Waals surface area contributed by atoms with E-state index in [1.54, 1.807) is 4.90 Å². The molecule has 0 aliphatic rings. The first kappa shape index (κ1) is 16.3. The molecule has 0 heterocycles. The van der Waals surface area contributed by atoms with Crippen LogP contribution in [-0.2, 0) is 4.79 Å². The van der Waals surface area contributed by atoms with Crippen molar-refractivity contribution in [1.82, 2.24) is 0 Å². The third-order valence-corrected chi connectivity index (χ3v) is 3.84. The van der Waals surface area contributed by atoms with Crippen molar-refractivity contribution in [2.75, 3.05) is 10.8 Å². The molecule has 0 fully saturated rings. The number of alkyl halides is 1. The largest absolute Gasteiger partial charge is 0.279 e. The first-order chi connectivity index (χ1) is 10.6. The van der Waals surface area contributed by atoms with E-state index in [-0.39, 0.29) is 11.8 Å². The van der Waals surface area contributed by atoms with Crippen molar-refractivity contribution in [3.63, 3.8) is 0 Å². The van der Waals surface area contributed by atoms with Gasteiger partial charge >= 0.3 is 0 Å². The lowest BCUT2D eigenvalue weighted by atomic mass is 10.0. The van der Waals surface area contributed by atoms with Crippen molar-refractivity contribution < 1.29 is 4.79 Å². The van der Waals surface area contributed by atoms with E-state index in [0.29, 0.717) is 0 Å². The van der Waals surface area contributed by atoms with E-state index in [2.05, 4.69) is 0 Å². The number of amides is 1. The molecule has 0 radical (unpaired) electrons. The summed E-state index contributed by atoms with van der Waals surface area (Å²) in [5.74, 6) is -0.186. The number of para-hydroxylation sites is 1. The van der Waals surface area contributed by atoms with Crippen LogP contribution in [0.15, 0.2) is 54.6 Å². The van der Waals surface area contributed by atoms with Crippen LogP contribution < -0.4 is 4.90 Å². The lowest BCUT2D eigenvalue weighted by molar-refractivity contribution is -0.115. The van der Waals surface area contributed by atoms with Crippen molar-refractivity contribution in [1.29, 1.82) is 0 Å². The van der Waals surface area contributed by atoms with Gasteiger partial charge in [0.15, 0.2) is 0 Å². The molecule has 2 aromatic carbocycles. The van der Waals surface area contributed by atoms with E-state index < -0.39 is 0 Å². The van der Waals surface area contributed by atoms with E-state index in [1.807, 2.05) is 75.4 Å². The Kier molecular flexibility index (Phi) is 5.40. The molecule has 0 saturated carbocycles. The summed E-state index contributed by atoms with van der Waals surface area (Å²) in [4.78, 5) is 14.3. The van der Waals surface area contributed by atoms with Crippen LogP contribution in [0.25, 0.3) is 5.70 Å². The predicted octanol–water partition coefficient (Wildman–Crippen LogP) is 4.94. The molecule has 2 nitrogen and oxygen atoms in total. The second-order valence-electron chi connectivity index (χ2n) is 5.14. The van der Waals surface area contributed by atoms with Crippen LogP contribution >= 0.6 is 11.6 Å². The smallest absolute Gasteiger partial charge is 0.246 e. The third-order valence-electron chi connectivity index (χ3n) is 3.61. The monoisotopic (exact) mass is 313 g/mol. The molecule has 22 heavy (non-hydrogen) atoms. The Morgan fingerprint density at radius 2 is 1.64 bits per heavy atom. The van der Waals surface area contributed by atoms with Crippen LogP contribution in [0.1, 0.15) is 23.6 Å². The van der Waals surface area contributed by atoms with Gasteiger partial charge in [-0.25, -0.2) is 0 Å². The number of anilines is 1. The van der Waals surface area contributed by atoms with Crippen molar-refractivity contribution in [2.24, 2.45) is 0 Å². The van der Waals surface area contributed by atoms with Gasteiger partial charge < -0.3 is 0 Å². The summed E-state index contributed by atoms with van der Waals surface area (Å²) in [6.07, 6.45) is 1.95. The lowest BCUT2D eigenvalue weighted by Crippen LogP contribution is -2.31. The summed E-state index contributed by atoms with van der Waals surface area (Å²) >= 11 is 5.87. The van der Waals surface area contributed by atoms with Gasteiger partial charge in [-0.2, -0.15) is 0 Å². The Balaban J connectivity index is 2.63. The first-order valence-electron chi connectivity index (χ1n) is 7.27. The van der Waals surface area contributed by atoms with Crippen LogP contribution in [0, 0.1) is 13.8 Å². The molecule has 0 aromatic heterocycles. The van der Waals surface area contributed by atoms with Gasteiger partial charge in [0, 0.05) is 0 Å². The Bertz CT molecular complexity index is 672. The highest BCUT2D eigenvalue weighted by Gasteiger charge is 2.23. The van der Waals surface area contributed by atoms with Crippen LogP contribution in [0.4, 0.5) is 5.69 Å². The fourth-order valence-corrected chi connectivity index (χ4v) is 2.75. The summed E-state index contributed by atoms with van der Waals surface area (Å²) in [7, 11) is 0. The molecule has 0 spiro atoms. The Labute approximate surface area is 137 Å². The van der Waals surface area contributed by atoms with E-state index in [9.17, 15) is 4.79 Å². The minimum atomic E-state index is -0.129. The van der Waals surface area contributed by atoms with Gasteiger partial charge in [0.1, 0.15) is 5.88 Å². The number of carbonyl (C=O) groups excluding carboxylic acids is 1. The summed E-state index contributed by atoms with van der Waals surface area (Å²) < 4.78 is 0. The van der Waals surface area contributed by atoms with E-state index in [0.717, 1.165) is 28.1 Å². The zero-order valence-electron chi connectivity index (χ0n) is 13.1. The average Bonchev–Trinajstić information content (AvgIpc) is 2.54. The summed E-state index contributed by atoms with van der Waals surface area (Å²) in [5, 5.41) is 0. The molecule has 2 aromatic rings. The molecule has 0 N–H and O–H groups in total. The molecule has 0 atom stereocenters. The topological polar surface area (TPSA) is 20.3 Å². The average molecular weight is 314 g/mol. The minimum absolute atomic E-state index is 0.0576. The first-order valence-corrected chi connectivity index (χ1v) is 7.80. The van der Waals surface area contributed by atoms with Gasteiger partial charge in [-0.15, -0.1) is 11.6 Å². The van der Waals surface area contributed by atoms with Crippen LogP contribution in [0.2, 0.25) is 0 Å². The van der Waals surface area contributed by atoms with Crippen LogP contribution in [-0.4, -0.2) is 11.8 Å². The van der Waals surface area contributed by atoms with Gasteiger partial charge in [-0.05, 0) is 37.5 Å². The van der Waals surface area contributed by atoms with Crippen molar-refractivity contribution in [3.05, 3.63) is 71.3 Å². The molecule has 0 unspecified atom stereocenters. The minimum Gasteiger partial charge on any atom is -0.279 e. The molecule has 0 aliphatic carbocycles. The van der Waals surface area contributed by atoms with Crippen LogP contribution in [0.3, 0.4) is 0 Å². The fraction of sp³-hybridized carbons (Fsp3) is 0.211. The number of aryl methyl sites for hydroxylation is 2. The lowest BCUT2D eigenvalue weighted by Gasteiger charge is -2.28. The number of benzene rings is 2. The van der Waals surface area contributed by atoms with Crippen molar-refractivity contribution in [3.8, 4) is 0 Å². The Hall–Kier alpha value is -2.06. The number of halogens is 1. The quantitative estimate of drug-likeness (QED) is 0.732. The molecular formula is C19H20ClNO. The molecule has 1 amide bonds. The molecular weight excluding hydrogens is 294 g/mol. The number of allylic oxidation sites excluding steroid dienone is 1. The highest BCUT2D eigenvalue weighted by atomic mass is 35.5. The number of nitrogens with zero attached hydrogens (tertiary/aromatic N) is 1. The second kappa shape index (κ2) is 7.28. The number of carbonyl (C=O) groups is 1. The zero-order chi connectivity index (χ0) is 16.1. The number of hydrogen-bond donors (Lipinski definition) is 0. The van der Waals surface area contributed by atoms with E-state index in [4.69, 9.17) is 11.6 Å². The molecule has 2 rings (SSSR count). The van der Waals surface area contributed by atoms with Gasteiger partial charge in [0.25, 0.3) is 0 Å². The van der Waals surface area contributed by atoms with Gasteiger partial charge in [0.2, 0.25) is 5.91 Å². The maximum absolute atomic E-state index is 12.5. The van der Waals surface area contributed by atoms with Gasteiger partial charge in [-0.1, -0.05) is 54.6 Å². The summed E-state index contributed by atoms with van der Waals surface area (Å²) in [5.41, 5.74) is 4.85. The molecule has 3 heteroatoms. The number of hydrogen-bond acceptors (Lipinski definition) is 1. The zero-order valence-corrected chi connectivity index (χ0v) is 13.9. The van der Waals surface area contributed by atoms with Gasteiger partial charge in [0.05, 0.1) is 11.4 Å². The normalized spacial score (nSPS) is 11.4. The Morgan fingerprint density at radius 1 is 1.05 bits per heavy atom. The highest BCUT2D eigenvalue weighted by Crippen LogP contribution is 2.32. The summed E-state index contributed by atoms with van der Waals surface area (Å²) in [6, 6.07) is 15.9. The van der Waals surface area contributed by atoms with E-state index in [1.165, 1.54) is 0 Å². The second-order valence-corrected chi connectivity index (χ2v) is 5.41. The van der Waals surface area contributed by atoms with Crippen molar-refractivity contribution in [2.45, 2.75) is 20.8 Å². The molecule has 114 valence electrons. The third kappa shape index (κ3) is 3.23. The van der Waals surface area contributed by atoms with Crippen molar-refractivity contribution >= 4 is 28.9 Å². The maximum atomic E-state index is 12.5.